The zero-order valence-electron chi connectivity index (χ0n) is 26.9. The molecule has 45 heavy (non-hydrogen) atoms. The van der Waals surface area contributed by atoms with Crippen molar-refractivity contribution in [2.75, 3.05) is 31.7 Å². The van der Waals surface area contributed by atoms with Gasteiger partial charge in [-0.15, -0.1) is 0 Å². The number of anilines is 2. The van der Waals surface area contributed by atoms with Gasteiger partial charge in [0.25, 0.3) is 0 Å². The number of amides is 4. The van der Waals surface area contributed by atoms with Crippen LogP contribution in [-0.4, -0.2) is 58.5 Å². The van der Waals surface area contributed by atoms with Gasteiger partial charge in [-0.3, -0.25) is 14.7 Å². The minimum absolute atomic E-state index is 0.0890. The molecule has 5 rings (SSSR count). The molecule has 242 valence electrons. The lowest BCUT2D eigenvalue weighted by molar-refractivity contribution is -0.111. The van der Waals surface area contributed by atoms with Gasteiger partial charge in [0.1, 0.15) is 0 Å². The number of nitrogens with zero attached hydrogens (tertiary/aromatic N) is 3. The van der Waals surface area contributed by atoms with Crippen LogP contribution < -0.4 is 22.1 Å². The Hall–Kier alpha value is -4.64. The van der Waals surface area contributed by atoms with Gasteiger partial charge in [0, 0.05) is 23.4 Å². The molecule has 0 bridgehead atoms. The molecule has 1 aliphatic carbocycles. The van der Waals surface area contributed by atoms with Crippen molar-refractivity contribution in [2.24, 2.45) is 5.73 Å². The Morgan fingerprint density at radius 1 is 1.02 bits per heavy atom. The Morgan fingerprint density at radius 2 is 1.60 bits per heavy atom. The molecule has 0 saturated heterocycles. The van der Waals surface area contributed by atoms with Gasteiger partial charge >= 0.3 is 6.03 Å². The largest absolute Gasteiger partial charge is 0.382 e. The first kappa shape index (κ1) is 34.8. The van der Waals surface area contributed by atoms with E-state index in [0.29, 0.717) is 23.6 Å². The van der Waals surface area contributed by atoms with Gasteiger partial charge in [-0.05, 0) is 63.8 Å². The molecule has 1 saturated carbocycles. The number of rotatable bonds is 7. The number of aromatic nitrogens is 2. The highest BCUT2D eigenvalue weighted by Crippen LogP contribution is 2.39. The summed E-state index contributed by atoms with van der Waals surface area (Å²) >= 11 is 0. The van der Waals surface area contributed by atoms with Crippen molar-refractivity contribution in [1.82, 2.24) is 25.3 Å². The molecule has 4 amide bonds. The average Bonchev–Trinajstić information content (AvgIpc) is 3.54. The first-order chi connectivity index (χ1) is 21.4. The topological polar surface area (TPSA) is 162 Å². The van der Waals surface area contributed by atoms with Crippen LogP contribution >= 0.6 is 0 Å². The molecule has 2 aliphatic rings. The summed E-state index contributed by atoms with van der Waals surface area (Å²) in [5.74, 6) is -0.324. The zero-order chi connectivity index (χ0) is 33.0. The van der Waals surface area contributed by atoms with Crippen LogP contribution in [0.5, 0.6) is 0 Å². The number of nitrogens with two attached hydrogens (primary N) is 2. The summed E-state index contributed by atoms with van der Waals surface area (Å²) in [6, 6.07) is 16.1. The van der Waals surface area contributed by atoms with E-state index in [4.69, 9.17) is 11.5 Å². The number of carbonyl (C=O) groups is 3. The number of aromatic amines is 1. The van der Waals surface area contributed by atoms with Crippen LogP contribution in [0.3, 0.4) is 0 Å². The van der Waals surface area contributed by atoms with Crippen LogP contribution in [0.2, 0.25) is 0 Å². The number of carbonyl (C=O) groups excluding carboxylic acids is 3. The van der Waals surface area contributed by atoms with Crippen LogP contribution in [-0.2, 0) is 16.9 Å². The van der Waals surface area contributed by atoms with E-state index in [1.807, 2.05) is 58.3 Å². The average molecular weight is 617 g/mol. The van der Waals surface area contributed by atoms with Crippen molar-refractivity contribution >= 4 is 29.4 Å². The summed E-state index contributed by atoms with van der Waals surface area (Å²) < 4.78 is 0. The lowest BCUT2D eigenvalue weighted by atomic mass is 10.0. The molecular weight excluding hydrogens is 568 g/mol. The number of likely N-dealkylation sites (N-methyl/N-ethyl adjacent to an activating group) is 1. The van der Waals surface area contributed by atoms with Crippen molar-refractivity contribution in [2.45, 2.75) is 70.5 Å². The highest BCUT2D eigenvalue weighted by molar-refractivity contribution is 5.99. The van der Waals surface area contributed by atoms with Crippen LogP contribution in [0.25, 0.3) is 0 Å². The monoisotopic (exact) mass is 616 g/mol. The summed E-state index contributed by atoms with van der Waals surface area (Å²) in [6.07, 6.45) is 10.2. The fraction of sp³-hybridized carbons (Fsp3) is 0.412. The van der Waals surface area contributed by atoms with E-state index >= 15 is 0 Å². The smallest absolute Gasteiger partial charge is 0.319 e. The summed E-state index contributed by atoms with van der Waals surface area (Å²) in [4.78, 5) is 38.5. The Bertz CT molecular complexity index is 1400. The van der Waals surface area contributed by atoms with Crippen LogP contribution in [0, 0.1) is 0 Å². The van der Waals surface area contributed by atoms with E-state index in [1.54, 1.807) is 29.2 Å². The predicted octanol–water partition coefficient (Wildman–Crippen LogP) is 5.31. The van der Waals surface area contributed by atoms with Crippen molar-refractivity contribution < 1.29 is 14.4 Å². The van der Waals surface area contributed by atoms with Gasteiger partial charge in [-0.25, -0.2) is 4.79 Å². The first-order valence-corrected chi connectivity index (χ1v) is 15.4. The highest BCUT2D eigenvalue weighted by atomic mass is 16.2. The standard InChI is InChI=1S/C18H26N6O.C10H10N2O2.C6H12/c1-18(2)15-13(16(19)22-21-15)10-24(18)17(25)20-14(11-23(3)4)12-8-6-5-7-9-12;1-2-9(13)12-8-5-3-7(4-6-8)10(11)14;1-2-4-6-5-3-1/h5-9,14H,10-11H2,1-4H3,(H,20,25)(H3,19,21,22);2-6H,1H2,(H2,11,14)(H,12,13);1-6H2. The van der Waals surface area contributed by atoms with Gasteiger partial charge in [-0.1, -0.05) is 75.4 Å². The molecule has 11 heteroatoms. The van der Waals surface area contributed by atoms with E-state index in [0.717, 1.165) is 23.4 Å². The van der Waals surface area contributed by atoms with Crippen molar-refractivity contribution in [3.63, 3.8) is 0 Å². The Morgan fingerprint density at radius 3 is 2.09 bits per heavy atom. The Labute approximate surface area is 266 Å². The first-order valence-electron chi connectivity index (χ1n) is 15.4. The second-order valence-electron chi connectivity index (χ2n) is 12.0. The zero-order valence-corrected chi connectivity index (χ0v) is 26.9. The van der Waals surface area contributed by atoms with Gasteiger partial charge in [0.2, 0.25) is 11.8 Å². The third kappa shape index (κ3) is 9.94. The highest BCUT2D eigenvalue weighted by Gasteiger charge is 2.43. The van der Waals surface area contributed by atoms with Crippen LogP contribution in [0.1, 0.15) is 85.6 Å². The van der Waals surface area contributed by atoms with Gasteiger partial charge in [0.15, 0.2) is 5.82 Å². The van der Waals surface area contributed by atoms with Gasteiger partial charge < -0.3 is 31.9 Å². The summed E-state index contributed by atoms with van der Waals surface area (Å²) in [5, 5.41) is 12.8. The number of H-pyrrole nitrogens is 1. The molecule has 0 radical (unpaired) electrons. The lowest BCUT2D eigenvalue weighted by Crippen LogP contribution is -2.48. The summed E-state index contributed by atoms with van der Waals surface area (Å²) in [7, 11) is 4.00. The predicted molar refractivity (Wildman–Crippen MR) is 179 cm³/mol. The fourth-order valence-electron chi connectivity index (χ4n) is 5.35. The lowest BCUT2D eigenvalue weighted by Gasteiger charge is -2.34. The number of nitrogen functional groups attached to an aromatic ring is 1. The number of hydrogen-bond acceptors (Lipinski definition) is 6. The summed E-state index contributed by atoms with van der Waals surface area (Å²) in [5.41, 5.74) is 14.4. The third-order valence-corrected chi connectivity index (χ3v) is 7.92. The number of fused-ring (bicyclic) bond motifs is 1. The number of urea groups is 1. The molecule has 1 aliphatic heterocycles. The maximum atomic E-state index is 13.0. The minimum atomic E-state index is -0.494. The van der Waals surface area contributed by atoms with E-state index < -0.39 is 11.4 Å². The van der Waals surface area contributed by atoms with Gasteiger partial charge in [0.05, 0.1) is 23.8 Å². The molecule has 2 heterocycles. The number of hydrogen-bond donors (Lipinski definition) is 5. The van der Waals surface area contributed by atoms with Gasteiger partial charge in [-0.2, -0.15) is 5.10 Å². The minimum Gasteiger partial charge on any atom is -0.382 e. The van der Waals surface area contributed by atoms with E-state index in [-0.39, 0.29) is 18.0 Å². The molecule has 0 spiro atoms. The second kappa shape index (κ2) is 16.4. The van der Waals surface area contributed by atoms with E-state index in [9.17, 15) is 14.4 Å². The maximum Gasteiger partial charge on any atom is 0.319 e. The van der Waals surface area contributed by atoms with E-state index in [2.05, 4.69) is 32.3 Å². The number of nitrogens with one attached hydrogen (secondary N) is 3. The van der Waals surface area contributed by atoms with Crippen molar-refractivity contribution in [3.05, 3.63) is 89.6 Å². The molecule has 1 aromatic heterocycles. The van der Waals surface area contributed by atoms with Crippen LogP contribution in [0.15, 0.2) is 67.3 Å². The molecule has 11 nitrogen and oxygen atoms in total. The Kier molecular flexibility index (Phi) is 12.7. The Balaban J connectivity index is 0.000000230. The second-order valence-corrected chi connectivity index (χ2v) is 12.0. The number of primary amides is 1. The maximum absolute atomic E-state index is 13.0. The molecule has 7 N–H and O–H groups in total. The molecule has 1 atom stereocenters. The molecule has 2 aromatic carbocycles. The van der Waals surface area contributed by atoms with Crippen LogP contribution in [0.4, 0.5) is 16.3 Å². The summed E-state index contributed by atoms with van der Waals surface area (Å²) in [6.45, 7) is 8.49. The van der Waals surface area contributed by atoms with Crippen molar-refractivity contribution in [3.8, 4) is 0 Å². The fourth-order valence-corrected chi connectivity index (χ4v) is 5.35. The molecular formula is C34H48N8O3. The third-order valence-electron chi connectivity index (χ3n) is 7.92. The van der Waals surface area contributed by atoms with E-state index in [1.165, 1.54) is 44.6 Å². The molecule has 1 fully saturated rings. The quantitative estimate of drug-likeness (QED) is 0.226. The molecule has 3 aromatic rings. The molecule has 1 unspecified atom stereocenters. The van der Waals surface area contributed by atoms with Crippen molar-refractivity contribution in [1.29, 1.82) is 0 Å². The number of benzene rings is 2. The SMILES string of the molecule is C1CCCCC1.C=CC(=O)Nc1ccc(C(N)=O)cc1.CN(C)CC(NC(=O)N1Cc2c(N)n[nH]c2C1(C)C)c1ccccc1. The normalized spacial score (nSPS) is 15.4.